The minimum Gasteiger partial charge on any atom is -0.230 e. The van der Waals surface area contributed by atoms with Gasteiger partial charge in [0, 0.05) is 0 Å². The van der Waals surface area contributed by atoms with Crippen LogP contribution in [0, 0.1) is 0 Å². The molecule has 22 heavy (non-hydrogen) atoms. The molecule has 0 unspecified atom stereocenters. The van der Waals surface area contributed by atoms with E-state index in [1.54, 1.807) is 5.82 Å². The molecule has 0 aliphatic rings. The molecule has 3 aromatic rings. The van der Waals surface area contributed by atoms with E-state index in [-0.39, 0.29) is 0 Å². The lowest BCUT2D eigenvalue weighted by Crippen LogP contribution is -2.29. The van der Waals surface area contributed by atoms with Crippen LogP contribution in [0.5, 0.6) is 0 Å². The highest BCUT2D eigenvalue weighted by molar-refractivity contribution is 7.98. The third-order valence-corrected chi connectivity index (χ3v) is 7.57. The SMILES string of the molecule is O=C=C[P+](c1ccccc1)(c1ccccc1)c1ccccc1. The standard InChI is InChI=1S/C20H16OP/c21-16-17-22(18-10-4-1-5-11-18,19-12-6-2-7-13-19)20-14-8-3-9-15-20/h1-15,17H/q+1. The Morgan fingerprint density at radius 2 is 0.909 bits per heavy atom. The van der Waals surface area contributed by atoms with Crippen LogP contribution in [0.3, 0.4) is 0 Å². The fraction of sp³-hybridized carbons (Fsp3) is 0. The van der Waals surface area contributed by atoms with Crippen molar-refractivity contribution in [3.8, 4) is 0 Å². The van der Waals surface area contributed by atoms with Crippen molar-refractivity contribution in [2.24, 2.45) is 0 Å². The summed E-state index contributed by atoms with van der Waals surface area (Å²) in [5, 5.41) is 3.49. The van der Waals surface area contributed by atoms with Crippen LogP contribution in [-0.4, -0.2) is 5.94 Å². The van der Waals surface area contributed by atoms with E-state index in [2.05, 4.69) is 42.3 Å². The van der Waals surface area contributed by atoms with Crippen molar-refractivity contribution in [1.29, 1.82) is 0 Å². The molecule has 0 saturated heterocycles. The molecular formula is C20H16OP+. The van der Waals surface area contributed by atoms with Crippen molar-refractivity contribution < 1.29 is 4.79 Å². The molecule has 106 valence electrons. The first-order valence-electron chi connectivity index (χ1n) is 7.15. The minimum absolute atomic E-state index is 1.16. The van der Waals surface area contributed by atoms with Gasteiger partial charge in [0.15, 0.2) is 11.8 Å². The number of benzene rings is 3. The molecule has 2 heteroatoms. The third kappa shape index (κ3) is 2.53. The average molecular weight is 303 g/mol. The predicted molar refractivity (Wildman–Crippen MR) is 95.4 cm³/mol. The van der Waals surface area contributed by atoms with Gasteiger partial charge in [-0.25, -0.2) is 4.79 Å². The van der Waals surface area contributed by atoms with Crippen LogP contribution in [0.2, 0.25) is 0 Å². The molecule has 0 N–H and O–H groups in total. The summed E-state index contributed by atoms with van der Waals surface area (Å²) in [6, 6.07) is 30.7. The largest absolute Gasteiger partial charge is 0.230 e. The topological polar surface area (TPSA) is 17.1 Å². The number of rotatable bonds is 4. The summed E-state index contributed by atoms with van der Waals surface area (Å²) in [5.74, 6) is 3.81. The Balaban J connectivity index is 2.37. The third-order valence-electron chi connectivity index (χ3n) is 3.74. The predicted octanol–water partition coefficient (Wildman–Crippen LogP) is 3.33. The number of carbonyl (C=O) groups excluding carboxylic acids is 1. The maximum Gasteiger partial charge on any atom is 0.164 e. The van der Waals surface area contributed by atoms with E-state index in [0.717, 1.165) is 15.9 Å². The first kappa shape index (κ1) is 14.5. The molecule has 0 aliphatic carbocycles. The molecule has 0 fully saturated rings. The molecule has 0 aromatic heterocycles. The van der Waals surface area contributed by atoms with Crippen molar-refractivity contribution in [3.63, 3.8) is 0 Å². The van der Waals surface area contributed by atoms with Crippen LogP contribution in [0.25, 0.3) is 0 Å². The maximum atomic E-state index is 11.4. The van der Waals surface area contributed by atoms with E-state index in [0.29, 0.717) is 0 Å². The van der Waals surface area contributed by atoms with E-state index in [1.807, 2.05) is 54.6 Å². The van der Waals surface area contributed by atoms with Gasteiger partial charge in [0.2, 0.25) is 0 Å². The zero-order chi connectivity index (χ0) is 15.3. The highest BCUT2D eigenvalue weighted by Crippen LogP contribution is 2.55. The van der Waals surface area contributed by atoms with Crippen molar-refractivity contribution in [3.05, 3.63) is 96.8 Å². The summed E-state index contributed by atoms with van der Waals surface area (Å²) >= 11 is 0. The Morgan fingerprint density at radius 3 is 1.18 bits per heavy atom. The average Bonchev–Trinajstić information content (AvgIpc) is 2.62. The molecule has 0 atom stereocenters. The van der Waals surface area contributed by atoms with Gasteiger partial charge in [0.25, 0.3) is 0 Å². The second-order valence-electron chi connectivity index (χ2n) is 4.98. The molecule has 0 saturated carbocycles. The smallest absolute Gasteiger partial charge is 0.164 e. The lowest BCUT2D eigenvalue weighted by Gasteiger charge is -2.22. The van der Waals surface area contributed by atoms with Crippen LogP contribution in [0.1, 0.15) is 0 Å². The van der Waals surface area contributed by atoms with Gasteiger partial charge < -0.3 is 0 Å². The van der Waals surface area contributed by atoms with Crippen molar-refractivity contribution >= 4 is 29.1 Å². The van der Waals surface area contributed by atoms with Gasteiger partial charge in [0.05, 0.1) is 0 Å². The van der Waals surface area contributed by atoms with Crippen molar-refractivity contribution in [2.75, 3.05) is 0 Å². The Labute approximate surface area is 131 Å². The van der Waals surface area contributed by atoms with E-state index in [9.17, 15) is 4.79 Å². The Kier molecular flexibility index (Phi) is 4.30. The van der Waals surface area contributed by atoms with Crippen LogP contribution >= 0.6 is 7.26 Å². The van der Waals surface area contributed by atoms with Crippen molar-refractivity contribution in [1.82, 2.24) is 0 Å². The summed E-state index contributed by atoms with van der Waals surface area (Å²) in [6.07, 6.45) is 0. The van der Waals surface area contributed by atoms with Gasteiger partial charge in [-0.2, -0.15) is 0 Å². The van der Waals surface area contributed by atoms with Crippen LogP contribution < -0.4 is 15.9 Å². The normalized spacial score (nSPS) is 10.7. The zero-order valence-electron chi connectivity index (χ0n) is 12.1. The fourth-order valence-corrected chi connectivity index (χ4v) is 6.17. The van der Waals surface area contributed by atoms with Gasteiger partial charge in [-0.3, -0.25) is 0 Å². The maximum absolute atomic E-state index is 11.4. The minimum atomic E-state index is -2.10. The number of hydrogen-bond donors (Lipinski definition) is 0. The summed E-state index contributed by atoms with van der Waals surface area (Å²) < 4.78 is 0. The molecule has 0 amide bonds. The Bertz CT molecular complexity index is 679. The molecule has 1 nitrogen and oxygen atoms in total. The monoisotopic (exact) mass is 303 g/mol. The van der Waals surface area contributed by atoms with Gasteiger partial charge in [0.1, 0.15) is 23.2 Å². The Morgan fingerprint density at radius 1 is 0.591 bits per heavy atom. The molecule has 3 aromatic carbocycles. The summed E-state index contributed by atoms with van der Waals surface area (Å²) in [5.41, 5.74) is 0. The van der Waals surface area contributed by atoms with Gasteiger partial charge in [-0.05, 0) is 36.4 Å². The highest BCUT2D eigenvalue weighted by atomic mass is 31.2. The summed E-state index contributed by atoms with van der Waals surface area (Å²) in [7, 11) is -2.10. The molecule has 0 spiro atoms. The van der Waals surface area contributed by atoms with E-state index in [4.69, 9.17) is 0 Å². The summed E-state index contributed by atoms with van der Waals surface area (Å²) in [4.78, 5) is 11.4. The first-order chi connectivity index (χ1) is 10.9. The Hall–Kier alpha value is -2.46. The van der Waals surface area contributed by atoms with Gasteiger partial charge >= 0.3 is 0 Å². The fourth-order valence-electron chi connectivity index (χ4n) is 2.74. The zero-order valence-corrected chi connectivity index (χ0v) is 13.0. The van der Waals surface area contributed by atoms with Crippen molar-refractivity contribution in [2.45, 2.75) is 0 Å². The molecule has 0 radical (unpaired) electrons. The van der Waals surface area contributed by atoms with E-state index in [1.165, 1.54) is 0 Å². The molecular weight excluding hydrogens is 287 g/mol. The quantitative estimate of drug-likeness (QED) is 0.534. The molecule has 0 aliphatic heterocycles. The van der Waals surface area contributed by atoms with Crippen LogP contribution in [0.4, 0.5) is 0 Å². The molecule has 0 heterocycles. The first-order valence-corrected chi connectivity index (χ1v) is 9.01. The van der Waals surface area contributed by atoms with Gasteiger partial charge in [-0.1, -0.05) is 54.6 Å². The number of hydrogen-bond acceptors (Lipinski definition) is 1. The second kappa shape index (κ2) is 6.54. The summed E-state index contributed by atoms with van der Waals surface area (Å²) in [6.45, 7) is 0. The lowest BCUT2D eigenvalue weighted by atomic mass is 10.4. The second-order valence-corrected chi connectivity index (χ2v) is 8.23. The van der Waals surface area contributed by atoms with Crippen LogP contribution in [0.15, 0.2) is 96.8 Å². The van der Waals surface area contributed by atoms with E-state index >= 15 is 0 Å². The van der Waals surface area contributed by atoms with Crippen LogP contribution in [-0.2, 0) is 4.79 Å². The highest BCUT2D eigenvalue weighted by Gasteiger charge is 2.43. The lowest BCUT2D eigenvalue weighted by molar-refractivity contribution is 0.569. The van der Waals surface area contributed by atoms with E-state index < -0.39 is 7.26 Å². The molecule has 3 rings (SSSR count). The molecule has 0 bridgehead atoms. The van der Waals surface area contributed by atoms with Gasteiger partial charge in [-0.15, -0.1) is 0 Å².